The van der Waals surface area contributed by atoms with Gasteiger partial charge in [0.2, 0.25) is 5.78 Å². The summed E-state index contributed by atoms with van der Waals surface area (Å²) in [5.74, 6) is 0.361. The van der Waals surface area contributed by atoms with E-state index in [-0.39, 0.29) is 17.9 Å². The molecule has 0 radical (unpaired) electrons. The van der Waals surface area contributed by atoms with E-state index in [4.69, 9.17) is 0 Å². The Morgan fingerprint density at radius 1 is 1.19 bits per heavy atom. The van der Waals surface area contributed by atoms with Gasteiger partial charge in [-0.2, -0.15) is 9.61 Å². The highest BCUT2D eigenvalue weighted by atomic mass is 32.1. The summed E-state index contributed by atoms with van der Waals surface area (Å²) in [6.45, 7) is 0. The average Bonchev–Trinajstić information content (AvgIpc) is 3.32. The lowest BCUT2D eigenvalue weighted by Crippen LogP contribution is -2.39. The standard InChI is InChI=1S/C18H19N5O2S/c24-16(14-7-4-10-26-14)13-11-20-23-15(8-9-19-17(13)23)22-18(25)21-12-5-2-1-3-6-12/h4,7-12H,1-3,5-6H2,(H2,21,22,25). The molecule has 3 aromatic rings. The Hall–Kier alpha value is -2.74. The fourth-order valence-electron chi connectivity index (χ4n) is 3.27. The fourth-order valence-corrected chi connectivity index (χ4v) is 3.95. The maximum atomic E-state index is 12.6. The third-order valence-electron chi connectivity index (χ3n) is 4.57. The molecule has 8 heteroatoms. The molecule has 134 valence electrons. The molecule has 1 fully saturated rings. The average molecular weight is 369 g/mol. The van der Waals surface area contributed by atoms with Crippen LogP contribution in [0.4, 0.5) is 10.6 Å². The number of aromatic nitrogens is 3. The molecule has 3 aromatic heterocycles. The Labute approximate surface area is 154 Å². The van der Waals surface area contributed by atoms with Crippen molar-refractivity contribution in [2.75, 3.05) is 5.32 Å². The van der Waals surface area contributed by atoms with Gasteiger partial charge in [-0.3, -0.25) is 10.1 Å². The van der Waals surface area contributed by atoms with Gasteiger partial charge in [0, 0.05) is 12.2 Å². The topological polar surface area (TPSA) is 88.4 Å². The van der Waals surface area contributed by atoms with Crippen molar-refractivity contribution >= 4 is 34.6 Å². The van der Waals surface area contributed by atoms with Crippen LogP contribution in [0.1, 0.15) is 47.3 Å². The third-order valence-corrected chi connectivity index (χ3v) is 5.44. The molecule has 0 atom stereocenters. The van der Waals surface area contributed by atoms with Crippen molar-refractivity contribution in [3.63, 3.8) is 0 Å². The molecule has 1 aliphatic carbocycles. The van der Waals surface area contributed by atoms with Crippen LogP contribution in [0.3, 0.4) is 0 Å². The summed E-state index contributed by atoms with van der Waals surface area (Å²) in [7, 11) is 0. The molecule has 0 aromatic carbocycles. The smallest absolute Gasteiger partial charge is 0.320 e. The second kappa shape index (κ2) is 7.25. The first kappa shape index (κ1) is 16.7. The maximum Gasteiger partial charge on any atom is 0.320 e. The number of rotatable bonds is 4. The number of hydrogen-bond acceptors (Lipinski definition) is 5. The molecular weight excluding hydrogens is 350 g/mol. The van der Waals surface area contributed by atoms with Crippen LogP contribution >= 0.6 is 11.3 Å². The molecule has 7 nitrogen and oxygen atoms in total. The van der Waals surface area contributed by atoms with Crippen LogP contribution < -0.4 is 10.6 Å². The molecule has 2 amide bonds. The second-order valence-corrected chi connectivity index (χ2v) is 7.31. The molecule has 1 aliphatic rings. The van der Waals surface area contributed by atoms with E-state index in [2.05, 4.69) is 20.7 Å². The lowest BCUT2D eigenvalue weighted by Gasteiger charge is -2.22. The summed E-state index contributed by atoms with van der Waals surface area (Å²) in [6, 6.07) is 5.23. The summed E-state index contributed by atoms with van der Waals surface area (Å²) in [5, 5.41) is 11.9. The molecule has 0 bridgehead atoms. The van der Waals surface area contributed by atoms with Gasteiger partial charge in [-0.15, -0.1) is 11.3 Å². The molecule has 1 saturated carbocycles. The van der Waals surface area contributed by atoms with Crippen molar-refractivity contribution in [2.45, 2.75) is 38.1 Å². The highest BCUT2D eigenvalue weighted by Gasteiger charge is 2.20. The number of urea groups is 1. The van der Waals surface area contributed by atoms with Crippen LogP contribution in [-0.4, -0.2) is 32.5 Å². The second-order valence-electron chi connectivity index (χ2n) is 6.36. The minimum Gasteiger partial charge on any atom is -0.335 e. The lowest BCUT2D eigenvalue weighted by molar-refractivity contribution is 0.104. The Kier molecular flexibility index (Phi) is 4.66. The van der Waals surface area contributed by atoms with Crippen molar-refractivity contribution in [2.24, 2.45) is 0 Å². The molecule has 0 spiro atoms. The van der Waals surface area contributed by atoms with E-state index in [0.717, 1.165) is 25.7 Å². The zero-order valence-electron chi connectivity index (χ0n) is 14.1. The predicted molar refractivity (Wildman–Crippen MR) is 99.8 cm³/mol. The zero-order chi connectivity index (χ0) is 17.9. The van der Waals surface area contributed by atoms with Gasteiger partial charge in [0.25, 0.3) is 0 Å². The highest BCUT2D eigenvalue weighted by molar-refractivity contribution is 7.12. The number of nitrogens with zero attached hydrogens (tertiary/aromatic N) is 3. The van der Waals surface area contributed by atoms with E-state index in [9.17, 15) is 9.59 Å². The van der Waals surface area contributed by atoms with E-state index < -0.39 is 0 Å². The number of carbonyl (C=O) groups excluding carboxylic acids is 2. The summed E-state index contributed by atoms with van der Waals surface area (Å²) < 4.78 is 1.49. The van der Waals surface area contributed by atoms with Crippen LogP contribution in [0, 0.1) is 0 Å². The number of anilines is 1. The normalized spacial score (nSPS) is 15.1. The van der Waals surface area contributed by atoms with Crippen LogP contribution in [0.15, 0.2) is 36.0 Å². The Morgan fingerprint density at radius 3 is 2.81 bits per heavy atom. The van der Waals surface area contributed by atoms with Gasteiger partial charge >= 0.3 is 6.03 Å². The summed E-state index contributed by atoms with van der Waals surface area (Å²) >= 11 is 1.38. The van der Waals surface area contributed by atoms with Crippen molar-refractivity contribution in [1.29, 1.82) is 0 Å². The quantitative estimate of drug-likeness (QED) is 0.689. The SMILES string of the molecule is O=C(Nc1ccnc2c(C(=O)c3cccs3)cnn12)NC1CCCCC1. The lowest BCUT2D eigenvalue weighted by atomic mass is 9.96. The first-order chi connectivity index (χ1) is 12.7. The van der Waals surface area contributed by atoms with Gasteiger partial charge in [0.1, 0.15) is 5.82 Å². The van der Waals surface area contributed by atoms with Gasteiger partial charge in [0.05, 0.1) is 16.6 Å². The first-order valence-corrected chi connectivity index (χ1v) is 9.59. The number of amides is 2. The zero-order valence-corrected chi connectivity index (χ0v) is 15.0. The van der Waals surface area contributed by atoms with Crippen LogP contribution in [-0.2, 0) is 0 Å². The van der Waals surface area contributed by atoms with E-state index in [0.29, 0.717) is 21.9 Å². The Morgan fingerprint density at radius 2 is 2.04 bits per heavy atom. The number of carbonyl (C=O) groups is 2. The minimum absolute atomic E-state index is 0.119. The van der Waals surface area contributed by atoms with E-state index in [1.165, 1.54) is 28.5 Å². The number of nitrogens with one attached hydrogen (secondary N) is 2. The molecule has 26 heavy (non-hydrogen) atoms. The van der Waals surface area contributed by atoms with Gasteiger partial charge in [-0.25, -0.2) is 9.78 Å². The summed E-state index contributed by atoms with van der Waals surface area (Å²) in [4.78, 5) is 29.8. The molecule has 0 saturated heterocycles. The number of ketones is 1. The van der Waals surface area contributed by atoms with Gasteiger partial charge in [-0.05, 0) is 30.4 Å². The van der Waals surface area contributed by atoms with E-state index >= 15 is 0 Å². The largest absolute Gasteiger partial charge is 0.335 e. The molecule has 3 heterocycles. The fraction of sp³-hybridized carbons (Fsp3) is 0.333. The van der Waals surface area contributed by atoms with Gasteiger partial charge < -0.3 is 5.32 Å². The number of hydrogen-bond donors (Lipinski definition) is 2. The van der Waals surface area contributed by atoms with E-state index in [1.807, 2.05) is 11.4 Å². The van der Waals surface area contributed by atoms with E-state index in [1.54, 1.807) is 18.3 Å². The Bertz CT molecular complexity index is 928. The molecular formula is C18H19N5O2S. The van der Waals surface area contributed by atoms with Crippen molar-refractivity contribution in [1.82, 2.24) is 19.9 Å². The van der Waals surface area contributed by atoms with Crippen molar-refractivity contribution in [3.8, 4) is 0 Å². The molecule has 0 unspecified atom stereocenters. The monoisotopic (exact) mass is 369 g/mol. The molecule has 0 aliphatic heterocycles. The molecule has 4 rings (SSSR count). The predicted octanol–water partition coefficient (Wildman–Crippen LogP) is 3.48. The van der Waals surface area contributed by atoms with Crippen molar-refractivity contribution in [3.05, 3.63) is 46.4 Å². The minimum atomic E-state index is -0.258. The van der Waals surface area contributed by atoms with Crippen LogP contribution in [0.2, 0.25) is 0 Å². The number of thiophene rings is 1. The Balaban J connectivity index is 1.55. The first-order valence-electron chi connectivity index (χ1n) is 8.71. The third kappa shape index (κ3) is 3.32. The van der Waals surface area contributed by atoms with Gasteiger partial charge in [0.15, 0.2) is 5.65 Å². The summed E-state index contributed by atoms with van der Waals surface area (Å²) in [5.41, 5.74) is 0.850. The summed E-state index contributed by atoms with van der Waals surface area (Å²) in [6.07, 6.45) is 8.63. The highest BCUT2D eigenvalue weighted by Crippen LogP contribution is 2.20. The molecule has 2 N–H and O–H groups in total. The number of fused-ring (bicyclic) bond motifs is 1. The van der Waals surface area contributed by atoms with Crippen molar-refractivity contribution < 1.29 is 9.59 Å². The maximum absolute atomic E-state index is 12.6. The van der Waals surface area contributed by atoms with Crippen LogP contribution in [0.5, 0.6) is 0 Å². The van der Waals surface area contributed by atoms with Crippen LogP contribution in [0.25, 0.3) is 5.65 Å². The van der Waals surface area contributed by atoms with Gasteiger partial charge in [-0.1, -0.05) is 25.3 Å².